The third-order valence-corrected chi connectivity index (χ3v) is 9.27. The molecule has 1 aliphatic heterocycles. The molecule has 4 aromatic carbocycles. The zero-order valence-electron chi connectivity index (χ0n) is 24.4. The first-order valence-electron chi connectivity index (χ1n) is 14.5. The van der Waals surface area contributed by atoms with Crippen molar-refractivity contribution in [3.63, 3.8) is 0 Å². The summed E-state index contributed by atoms with van der Waals surface area (Å²) in [7, 11) is 0. The summed E-state index contributed by atoms with van der Waals surface area (Å²) >= 11 is 6.21. The van der Waals surface area contributed by atoms with Gasteiger partial charge in [0.05, 0.1) is 5.92 Å². The molecule has 4 aromatic rings. The van der Waals surface area contributed by atoms with Gasteiger partial charge in [0.1, 0.15) is 17.4 Å². The minimum atomic E-state index is -0.472. The summed E-state index contributed by atoms with van der Waals surface area (Å²) in [5.41, 5.74) is 2.88. The number of benzene rings is 4. The maximum Gasteiger partial charge on any atom is 0.314 e. The highest BCUT2D eigenvalue weighted by Gasteiger charge is 2.51. The van der Waals surface area contributed by atoms with E-state index in [-0.39, 0.29) is 29.5 Å². The smallest absolute Gasteiger partial charge is 0.314 e. The Labute approximate surface area is 256 Å². The average molecular weight is 602 g/mol. The highest BCUT2D eigenvalue weighted by atomic mass is 35.5. The second-order valence-electron chi connectivity index (χ2n) is 11.6. The molecule has 0 N–H and O–H groups in total. The molecule has 0 bridgehead atoms. The van der Waals surface area contributed by atoms with Gasteiger partial charge in [-0.2, -0.15) is 0 Å². The lowest BCUT2D eigenvalue weighted by Crippen LogP contribution is -2.41. The van der Waals surface area contributed by atoms with Crippen LogP contribution < -0.4 is 4.74 Å². The Hall–Kier alpha value is -4.03. The topological polar surface area (TPSA) is 46.6 Å². The van der Waals surface area contributed by atoms with E-state index in [1.54, 1.807) is 24.3 Å². The van der Waals surface area contributed by atoms with Crippen LogP contribution in [0.25, 0.3) is 11.1 Å². The molecule has 0 aromatic heterocycles. The van der Waals surface area contributed by atoms with E-state index in [9.17, 15) is 18.4 Å². The predicted octanol–water partition coefficient (Wildman–Crippen LogP) is 8.80. The Balaban J connectivity index is 1.41. The third kappa shape index (κ3) is 6.50. The predicted molar refractivity (Wildman–Crippen MR) is 165 cm³/mol. The minimum Gasteiger partial charge on any atom is -0.426 e. The summed E-state index contributed by atoms with van der Waals surface area (Å²) in [6.07, 6.45) is 0.545. The largest absolute Gasteiger partial charge is 0.426 e. The van der Waals surface area contributed by atoms with Gasteiger partial charge in [-0.25, -0.2) is 8.78 Å². The third-order valence-electron chi connectivity index (χ3n) is 9.02. The van der Waals surface area contributed by atoms with E-state index in [0.717, 1.165) is 16.7 Å². The van der Waals surface area contributed by atoms with Crippen molar-refractivity contribution in [3.05, 3.63) is 125 Å². The Morgan fingerprint density at radius 1 is 0.884 bits per heavy atom. The number of esters is 1. The molecule has 5 rings (SSSR count). The number of hydrogen-bond acceptors (Lipinski definition) is 3. The average Bonchev–Trinajstić information content (AvgIpc) is 3.37. The van der Waals surface area contributed by atoms with Crippen LogP contribution in [0, 0.1) is 28.9 Å². The molecule has 0 radical (unpaired) electrons. The monoisotopic (exact) mass is 601 g/mol. The van der Waals surface area contributed by atoms with Crippen LogP contribution in [-0.4, -0.2) is 29.9 Å². The van der Waals surface area contributed by atoms with Crippen LogP contribution in [0.4, 0.5) is 8.78 Å². The molecule has 0 aliphatic carbocycles. The molecule has 4 atom stereocenters. The van der Waals surface area contributed by atoms with Crippen molar-refractivity contribution in [1.29, 1.82) is 0 Å². The van der Waals surface area contributed by atoms with Gasteiger partial charge in [-0.05, 0) is 95.1 Å². The quantitative estimate of drug-likeness (QED) is 0.150. The first-order valence-corrected chi connectivity index (χ1v) is 14.8. The Kier molecular flexibility index (Phi) is 8.97. The number of likely N-dealkylation sites (tertiary alicyclic amines) is 1. The van der Waals surface area contributed by atoms with Gasteiger partial charge < -0.3 is 9.64 Å². The van der Waals surface area contributed by atoms with Crippen molar-refractivity contribution >= 4 is 23.5 Å². The Morgan fingerprint density at radius 3 is 1.98 bits per heavy atom. The molecule has 7 heteroatoms. The molecule has 0 spiro atoms. The molecule has 1 aliphatic rings. The molecule has 1 fully saturated rings. The first kappa shape index (κ1) is 30.4. The number of carbonyl (C=O) groups is 2. The molecular weight excluding hydrogens is 568 g/mol. The summed E-state index contributed by atoms with van der Waals surface area (Å²) < 4.78 is 32.5. The molecule has 1 heterocycles. The number of rotatable bonds is 8. The van der Waals surface area contributed by atoms with Crippen LogP contribution >= 0.6 is 11.6 Å². The molecule has 222 valence electrons. The normalized spacial score (nSPS) is 19.6. The second kappa shape index (κ2) is 12.7. The van der Waals surface area contributed by atoms with Crippen molar-refractivity contribution in [2.75, 3.05) is 13.1 Å². The second-order valence-corrected chi connectivity index (χ2v) is 12.0. The fraction of sp³-hybridized carbons (Fsp3) is 0.278. The van der Waals surface area contributed by atoms with Crippen LogP contribution in [0.5, 0.6) is 5.75 Å². The summed E-state index contributed by atoms with van der Waals surface area (Å²) in [5.74, 6) is -1.55. The van der Waals surface area contributed by atoms with E-state index < -0.39 is 17.2 Å². The number of hydrogen-bond donors (Lipinski definition) is 0. The van der Waals surface area contributed by atoms with Crippen LogP contribution in [-0.2, 0) is 4.79 Å². The zero-order valence-corrected chi connectivity index (χ0v) is 25.2. The van der Waals surface area contributed by atoms with Crippen molar-refractivity contribution in [1.82, 2.24) is 4.90 Å². The van der Waals surface area contributed by atoms with Gasteiger partial charge in [0.15, 0.2) is 0 Å². The standard InChI is InChI=1S/C36H34ClF2NO3/c1-4-32(35(42)43-31-19-17-30(39)18-20-31)23(2)36(3)22-40(21-33(36)26-9-13-28(37)14-10-26)34(41)27-7-5-24(6-8-27)25-11-15-29(38)16-12-25/h5-20,23,32-33H,4,21-22H2,1-3H3. The molecule has 0 saturated carbocycles. The van der Waals surface area contributed by atoms with Crippen LogP contribution in [0.2, 0.25) is 5.02 Å². The number of nitrogens with zero attached hydrogens (tertiary/aromatic N) is 1. The summed E-state index contributed by atoms with van der Waals surface area (Å²) in [6, 6.07) is 26.7. The van der Waals surface area contributed by atoms with Crippen LogP contribution in [0.15, 0.2) is 97.1 Å². The van der Waals surface area contributed by atoms with Crippen molar-refractivity contribution in [3.8, 4) is 16.9 Å². The highest BCUT2D eigenvalue weighted by molar-refractivity contribution is 6.30. The summed E-state index contributed by atoms with van der Waals surface area (Å²) in [6.45, 7) is 7.06. The Bertz CT molecular complexity index is 1570. The molecule has 1 amide bonds. The fourth-order valence-corrected chi connectivity index (χ4v) is 6.45. The van der Waals surface area contributed by atoms with E-state index >= 15 is 0 Å². The Morgan fingerprint density at radius 2 is 1.42 bits per heavy atom. The summed E-state index contributed by atoms with van der Waals surface area (Å²) in [4.78, 5) is 29.1. The molecule has 4 unspecified atom stereocenters. The SMILES string of the molecule is CCC(C(=O)Oc1ccc(F)cc1)C(C)C1(C)CN(C(=O)c2ccc(-c3ccc(F)cc3)cc2)CC1c1ccc(Cl)cc1. The van der Waals surface area contributed by atoms with E-state index in [4.69, 9.17) is 16.3 Å². The maximum absolute atomic E-state index is 13.9. The number of carbonyl (C=O) groups excluding carboxylic acids is 2. The van der Waals surface area contributed by atoms with E-state index in [0.29, 0.717) is 35.8 Å². The minimum absolute atomic E-state index is 0.0603. The van der Waals surface area contributed by atoms with Gasteiger partial charge >= 0.3 is 5.97 Å². The lowest BCUT2D eigenvalue weighted by Gasteiger charge is -2.40. The van der Waals surface area contributed by atoms with Gasteiger partial charge in [0, 0.05) is 29.6 Å². The summed E-state index contributed by atoms with van der Waals surface area (Å²) in [5, 5.41) is 0.625. The van der Waals surface area contributed by atoms with Gasteiger partial charge in [0.25, 0.3) is 5.91 Å². The number of halogens is 3. The van der Waals surface area contributed by atoms with E-state index in [1.165, 1.54) is 36.4 Å². The lowest BCUT2D eigenvalue weighted by atomic mass is 9.63. The van der Waals surface area contributed by atoms with Gasteiger partial charge in [-0.1, -0.05) is 68.8 Å². The van der Waals surface area contributed by atoms with Gasteiger partial charge in [-0.3, -0.25) is 9.59 Å². The van der Waals surface area contributed by atoms with Gasteiger partial charge in [0.2, 0.25) is 0 Å². The van der Waals surface area contributed by atoms with E-state index in [2.05, 4.69) is 13.8 Å². The van der Waals surface area contributed by atoms with Crippen LogP contribution in [0.1, 0.15) is 49.0 Å². The van der Waals surface area contributed by atoms with E-state index in [1.807, 2.05) is 48.2 Å². The molecular formula is C36H34ClF2NO3. The van der Waals surface area contributed by atoms with Crippen LogP contribution in [0.3, 0.4) is 0 Å². The molecule has 4 nitrogen and oxygen atoms in total. The molecule has 1 saturated heterocycles. The number of ether oxygens (including phenoxy) is 1. The lowest BCUT2D eigenvalue weighted by molar-refractivity contribution is -0.142. The fourth-order valence-electron chi connectivity index (χ4n) is 6.32. The van der Waals surface area contributed by atoms with Gasteiger partial charge in [-0.15, -0.1) is 0 Å². The van der Waals surface area contributed by atoms with Crippen molar-refractivity contribution in [2.45, 2.75) is 33.1 Å². The maximum atomic E-state index is 13.9. The van der Waals surface area contributed by atoms with Crippen molar-refractivity contribution < 1.29 is 23.1 Å². The first-order chi connectivity index (χ1) is 20.6. The van der Waals surface area contributed by atoms with Crippen molar-refractivity contribution in [2.24, 2.45) is 17.3 Å². The zero-order chi connectivity index (χ0) is 30.7. The number of amides is 1. The highest BCUT2D eigenvalue weighted by Crippen LogP contribution is 2.51. The molecule has 43 heavy (non-hydrogen) atoms.